The Morgan fingerprint density at radius 2 is 1.52 bits per heavy atom. The molecule has 5 heteroatoms. The lowest BCUT2D eigenvalue weighted by molar-refractivity contribution is -0.228. The first-order valence-electron chi connectivity index (χ1n) is 11.8. The predicted molar refractivity (Wildman–Crippen MR) is 107 cm³/mol. The molecule has 0 aromatic carbocycles. The molecule has 4 aliphatic carbocycles. The van der Waals surface area contributed by atoms with Gasteiger partial charge in [-0.1, -0.05) is 20.8 Å². The van der Waals surface area contributed by atoms with Gasteiger partial charge in [0.2, 0.25) is 0 Å². The highest BCUT2D eigenvalue weighted by Gasteiger charge is 2.62. The third-order valence-corrected chi connectivity index (χ3v) is 10.5. The van der Waals surface area contributed by atoms with Gasteiger partial charge in [-0.05, 0) is 111 Å². The fourth-order valence-corrected chi connectivity index (χ4v) is 8.85. The highest BCUT2D eigenvalue weighted by molar-refractivity contribution is 5.11. The molecule has 0 aromatic heterocycles. The Balaban J connectivity index is 1.55. The van der Waals surface area contributed by atoms with E-state index in [9.17, 15) is 23.4 Å². The fourth-order valence-electron chi connectivity index (χ4n) is 8.85. The van der Waals surface area contributed by atoms with Crippen molar-refractivity contribution in [3.63, 3.8) is 0 Å². The number of halogens is 3. The molecule has 2 nitrogen and oxygen atoms in total. The molecular weight excluding hydrogens is 377 g/mol. The minimum absolute atomic E-state index is 0.0531. The third-order valence-electron chi connectivity index (χ3n) is 10.5. The normalized spacial score (nSPS) is 52.2. The molecular formula is C24H39F3O2. The monoisotopic (exact) mass is 416 g/mol. The molecule has 0 heterocycles. The predicted octanol–water partition coefficient (Wildman–Crippen LogP) is 5.96. The van der Waals surface area contributed by atoms with Gasteiger partial charge < -0.3 is 10.2 Å². The summed E-state index contributed by atoms with van der Waals surface area (Å²) in [5.41, 5.74) is -0.361. The summed E-state index contributed by atoms with van der Waals surface area (Å²) in [7, 11) is 0. The van der Waals surface area contributed by atoms with Crippen molar-refractivity contribution in [1.29, 1.82) is 0 Å². The zero-order chi connectivity index (χ0) is 21.4. The number of fused-ring (bicyclic) bond motifs is 5. The molecule has 29 heavy (non-hydrogen) atoms. The van der Waals surface area contributed by atoms with Crippen LogP contribution in [0.2, 0.25) is 0 Å². The summed E-state index contributed by atoms with van der Waals surface area (Å²) in [6, 6.07) is 0. The molecule has 168 valence electrons. The van der Waals surface area contributed by atoms with Crippen LogP contribution in [0.15, 0.2) is 0 Å². The van der Waals surface area contributed by atoms with Gasteiger partial charge >= 0.3 is 6.18 Å². The molecule has 0 spiro atoms. The zero-order valence-corrected chi connectivity index (χ0v) is 18.4. The fraction of sp³-hybridized carbons (Fsp3) is 1.00. The van der Waals surface area contributed by atoms with Gasteiger partial charge in [-0.2, -0.15) is 13.2 Å². The lowest BCUT2D eigenvalue weighted by Gasteiger charge is -2.62. The zero-order valence-electron chi connectivity index (χ0n) is 18.4. The van der Waals surface area contributed by atoms with E-state index >= 15 is 0 Å². The summed E-state index contributed by atoms with van der Waals surface area (Å²) >= 11 is 0. The highest BCUT2D eigenvalue weighted by Crippen LogP contribution is 2.69. The van der Waals surface area contributed by atoms with Crippen LogP contribution in [-0.4, -0.2) is 28.1 Å². The van der Waals surface area contributed by atoms with Crippen molar-refractivity contribution in [3.05, 3.63) is 0 Å². The maximum Gasteiger partial charge on any atom is 0.414 e. The van der Waals surface area contributed by atoms with E-state index < -0.39 is 23.8 Å². The van der Waals surface area contributed by atoms with Crippen LogP contribution >= 0.6 is 0 Å². The van der Waals surface area contributed by atoms with E-state index in [1.807, 2.05) is 6.92 Å². The van der Waals surface area contributed by atoms with Gasteiger partial charge in [0.1, 0.15) is 0 Å². The first-order chi connectivity index (χ1) is 13.3. The molecule has 4 fully saturated rings. The van der Waals surface area contributed by atoms with E-state index in [4.69, 9.17) is 0 Å². The second-order valence-electron chi connectivity index (χ2n) is 11.9. The average Bonchev–Trinajstić information content (AvgIpc) is 2.97. The van der Waals surface area contributed by atoms with E-state index in [0.717, 1.165) is 57.8 Å². The van der Waals surface area contributed by atoms with Crippen molar-refractivity contribution < 1.29 is 23.4 Å². The number of hydrogen-bond acceptors (Lipinski definition) is 2. The molecule has 2 N–H and O–H groups in total. The molecule has 4 aliphatic rings. The van der Waals surface area contributed by atoms with Gasteiger partial charge in [-0.25, -0.2) is 0 Å². The second kappa shape index (κ2) is 6.85. The van der Waals surface area contributed by atoms with Gasteiger partial charge in [0.25, 0.3) is 0 Å². The first-order valence-corrected chi connectivity index (χ1v) is 11.8. The smallest absolute Gasteiger partial charge is 0.390 e. The van der Waals surface area contributed by atoms with Crippen molar-refractivity contribution in [3.8, 4) is 0 Å². The summed E-state index contributed by atoms with van der Waals surface area (Å²) < 4.78 is 39.6. The number of alkyl halides is 3. The molecule has 0 bridgehead atoms. The Bertz CT molecular complexity index is 632. The Kier molecular flexibility index (Phi) is 5.18. The van der Waals surface area contributed by atoms with Gasteiger partial charge in [0.15, 0.2) is 6.10 Å². The van der Waals surface area contributed by atoms with Crippen LogP contribution in [-0.2, 0) is 0 Å². The summed E-state index contributed by atoms with van der Waals surface area (Å²) in [5, 5.41) is 20.6. The standard InChI is InChI=1S/C24H39F3O2/c1-14(20(28)24(25,26)27)17-7-8-18-16-6-5-15-13-21(2,29)11-12-22(15,3)19(16)9-10-23(17,18)4/h14-20,28-29H,5-13H2,1-4H3/t14-,15+,16-,17+,18-,19-,20?,21-,22-,23+/m0/s1. The molecule has 0 saturated heterocycles. The van der Waals surface area contributed by atoms with Crippen molar-refractivity contribution in [1.82, 2.24) is 0 Å². The second-order valence-corrected chi connectivity index (χ2v) is 11.9. The van der Waals surface area contributed by atoms with Crippen LogP contribution in [0.1, 0.15) is 85.5 Å². The number of hydrogen-bond donors (Lipinski definition) is 2. The van der Waals surface area contributed by atoms with E-state index in [0.29, 0.717) is 23.7 Å². The topological polar surface area (TPSA) is 40.5 Å². The van der Waals surface area contributed by atoms with Crippen LogP contribution < -0.4 is 0 Å². The molecule has 0 radical (unpaired) electrons. The van der Waals surface area contributed by atoms with Crippen molar-refractivity contribution in [2.45, 2.75) is 103 Å². The third kappa shape index (κ3) is 3.37. The van der Waals surface area contributed by atoms with Crippen LogP contribution in [0.5, 0.6) is 0 Å². The van der Waals surface area contributed by atoms with E-state index in [1.165, 1.54) is 0 Å². The quantitative estimate of drug-likeness (QED) is 0.583. The molecule has 10 atom stereocenters. The minimum Gasteiger partial charge on any atom is -0.390 e. The molecule has 0 aromatic rings. The SMILES string of the molecule is C[C@H](C(O)C(F)(F)F)[C@H]1CC[C@H]2[C@@H]3CC[C@@H]4C[C@@](C)(O)CC[C@]4(C)[C@H]3CC[C@]12C. The van der Waals surface area contributed by atoms with Gasteiger partial charge in [-0.3, -0.25) is 0 Å². The van der Waals surface area contributed by atoms with Crippen molar-refractivity contribution >= 4 is 0 Å². The van der Waals surface area contributed by atoms with E-state index in [-0.39, 0.29) is 16.7 Å². The van der Waals surface area contributed by atoms with Gasteiger partial charge in [-0.15, -0.1) is 0 Å². The van der Waals surface area contributed by atoms with Crippen molar-refractivity contribution in [2.24, 2.45) is 46.3 Å². The Morgan fingerprint density at radius 1 is 0.862 bits per heavy atom. The largest absolute Gasteiger partial charge is 0.414 e. The molecule has 1 unspecified atom stereocenters. The van der Waals surface area contributed by atoms with Crippen LogP contribution in [0.25, 0.3) is 0 Å². The Morgan fingerprint density at radius 3 is 2.17 bits per heavy atom. The Labute approximate surface area is 173 Å². The molecule has 0 amide bonds. The van der Waals surface area contributed by atoms with Gasteiger partial charge in [0, 0.05) is 0 Å². The Hall–Kier alpha value is -0.290. The van der Waals surface area contributed by atoms with E-state index in [1.54, 1.807) is 6.92 Å². The first kappa shape index (κ1) is 21.9. The molecule has 0 aliphatic heterocycles. The summed E-state index contributed by atoms with van der Waals surface area (Å²) in [6.45, 7) is 8.26. The average molecular weight is 417 g/mol. The van der Waals surface area contributed by atoms with E-state index in [2.05, 4.69) is 13.8 Å². The lowest BCUT2D eigenvalue weighted by atomic mass is 9.43. The molecule has 4 saturated carbocycles. The molecule has 4 rings (SSSR count). The van der Waals surface area contributed by atoms with Crippen LogP contribution in [0.3, 0.4) is 0 Å². The number of aliphatic hydroxyl groups excluding tert-OH is 1. The van der Waals surface area contributed by atoms with Crippen molar-refractivity contribution in [2.75, 3.05) is 0 Å². The lowest BCUT2D eigenvalue weighted by Crippen LogP contribution is -2.56. The number of aliphatic hydroxyl groups is 2. The maximum absolute atomic E-state index is 13.2. The van der Waals surface area contributed by atoms with Crippen LogP contribution in [0, 0.1) is 46.3 Å². The summed E-state index contributed by atoms with van der Waals surface area (Å²) in [5.74, 6) is 1.49. The summed E-state index contributed by atoms with van der Waals surface area (Å²) in [4.78, 5) is 0. The van der Waals surface area contributed by atoms with Gasteiger partial charge in [0.05, 0.1) is 5.60 Å². The van der Waals surface area contributed by atoms with Crippen LogP contribution in [0.4, 0.5) is 13.2 Å². The maximum atomic E-state index is 13.2. The summed E-state index contributed by atoms with van der Waals surface area (Å²) in [6.07, 6.45) is 2.29. The number of rotatable bonds is 2. The minimum atomic E-state index is -4.53. The highest BCUT2D eigenvalue weighted by atomic mass is 19.4.